The average molecular weight is 237 g/mol. The minimum Gasteiger partial charge on any atom is -0.487 e. The van der Waals surface area contributed by atoms with E-state index in [-0.39, 0.29) is 0 Å². The largest absolute Gasteiger partial charge is 0.487 e. The van der Waals surface area contributed by atoms with Crippen LogP contribution in [0.3, 0.4) is 0 Å². The SMILES string of the molecule is CC(C)=CCOc1c(C#N)ccc2ccccc12. The summed E-state index contributed by atoms with van der Waals surface area (Å²) in [6, 6.07) is 13.9. The molecular formula is C16H15NO. The molecule has 0 saturated heterocycles. The van der Waals surface area contributed by atoms with Crippen LogP contribution >= 0.6 is 0 Å². The summed E-state index contributed by atoms with van der Waals surface area (Å²) >= 11 is 0. The van der Waals surface area contributed by atoms with Crippen molar-refractivity contribution in [2.24, 2.45) is 0 Å². The Morgan fingerprint density at radius 2 is 2.00 bits per heavy atom. The number of nitriles is 1. The lowest BCUT2D eigenvalue weighted by Gasteiger charge is -2.09. The molecule has 0 saturated carbocycles. The second-order valence-corrected chi connectivity index (χ2v) is 4.37. The first-order valence-corrected chi connectivity index (χ1v) is 5.90. The second kappa shape index (κ2) is 5.37. The number of nitrogens with zero attached hydrogens (tertiary/aromatic N) is 1. The third-order valence-corrected chi connectivity index (χ3v) is 2.72. The van der Waals surface area contributed by atoms with Crippen LogP contribution in [0, 0.1) is 11.3 Å². The van der Waals surface area contributed by atoms with Crippen molar-refractivity contribution in [2.75, 3.05) is 6.61 Å². The zero-order valence-electron chi connectivity index (χ0n) is 10.6. The van der Waals surface area contributed by atoms with Crippen LogP contribution in [0.4, 0.5) is 0 Å². The normalized spacial score (nSPS) is 9.83. The number of allylic oxidation sites excluding steroid dienone is 1. The molecule has 0 heterocycles. The van der Waals surface area contributed by atoms with Crippen LogP contribution < -0.4 is 4.74 Å². The maximum atomic E-state index is 9.14. The molecule has 18 heavy (non-hydrogen) atoms. The summed E-state index contributed by atoms with van der Waals surface area (Å²) in [5, 5.41) is 11.2. The van der Waals surface area contributed by atoms with Gasteiger partial charge < -0.3 is 4.74 Å². The fourth-order valence-electron chi connectivity index (χ4n) is 1.78. The molecule has 0 amide bonds. The van der Waals surface area contributed by atoms with Crippen LogP contribution in [-0.2, 0) is 0 Å². The van der Waals surface area contributed by atoms with Gasteiger partial charge in [-0.2, -0.15) is 5.26 Å². The average Bonchev–Trinajstić information content (AvgIpc) is 2.38. The molecule has 0 radical (unpaired) electrons. The third-order valence-electron chi connectivity index (χ3n) is 2.72. The van der Waals surface area contributed by atoms with Gasteiger partial charge in [-0.1, -0.05) is 35.9 Å². The lowest BCUT2D eigenvalue weighted by Crippen LogP contribution is -1.97. The molecule has 2 nitrogen and oxygen atoms in total. The van der Waals surface area contributed by atoms with Gasteiger partial charge in [0.05, 0.1) is 5.56 Å². The van der Waals surface area contributed by atoms with Gasteiger partial charge in [-0.05, 0) is 31.4 Å². The predicted octanol–water partition coefficient (Wildman–Crippen LogP) is 4.06. The van der Waals surface area contributed by atoms with E-state index < -0.39 is 0 Å². The summed E-state index contributed by atoms with van der Waals surface area (Å²) in [5.74, 6) is 0.674. The Bertz CT molecular complexity index is 631. The Hall–Kier alpha value is -2.27. The summed E-state index contributed by atoms with van der Waals surface area (Å²) in [4.78, 5) is 0. The van der Waals surface area contributed by atoms with Crippen molar-refractivity contribution < 1.29 is 4.74 Å². The molecule has 0 spiro atoms. The van der Waals surface area contributed by atoms with Crippen molar-refractivity contribution >= 4 is 10.8 Å². The van der Waals surface area contributed by atoms with E-state index in [1.807, 2.05) is 50.3 Å². The molecule has 2 aromatic rings. The summed E-state index contributed by atoms with van der Waals surface area (Å²) in [7, 11) is 0. The minimum atomic E-state index is 0.491. The first kappa shape index (κ1) is 12.2. The van der Waals surface area contributed by atoms with E-state index in [2.05, 4.69) is 6.07 Å². The summed E-state index contributed by atoms with van der Waals surface area (Å²) < 4.78 is 5.75. The van der Waals surface area contributed by atoms with E-state index >= 15 is 0 Å². The predicted molar refractivity (Wildman–Crippen MR) is 73.6 cm³/mol. The molecule has 2 aromatic carbocycles. The highest BCUT2D eigenvalue weighted by Crippen LogP contribution is 2.29. The van der Waals surface area contributed by atoms with E-state index in [0.29, 0.717) is 17.9 Å². The Labute approximate surface area is 107 Å². The topological polar surface area (TPSA) is 33.0 Å². The molecule has 2 rings (SSSR count). The van der Waals surface area contributed by atoms with Gasteiger partial charge in [-0.3, -0.25) is 0 Å². The molecule has 90 valence electrons. The molecule has 0 aromatic heterocycles. The van der Waals surface area contributed by atoms with Crippen LogP contribution in [-0.4, -0.2) is 6.61 Å². The molecule has 0 fully saturated rings. The number of hydrogen-bond donors (Lipinski definition) is 0. The van der Waals surface area contributed by atoms with Gasteiger partial charge in [-0.25, -0.2) is 0 Å². The molecule has 0 atom stereocenters. The molecule has 0 unspecified atom stereocenters. The van der Waals surface area contributed by atoms with Gasteiger partial charge in [0.15, 0.2) is 0 Å². The van der Waals surface area contributed by atoms with Crippen molar-refractivity contribution in [3.63, 3.8) is 0 Å². The molecule has 0 bridgehead atoms. The van der Waals surface area contributed by atoms with Crippen molar-refractivity contribution in [2.45, 2.75) is 13.8 Å². The lowest BCUT2D eigenvalue weighted by molar-refractivity contribution is 0.365. The summed E-state index contributed by atoms with van der Waals surface area (Å²) in [6.45, 7) is 4.54. The van der Waals surface area contributed by atoms with Gasteiger partial charge >= 0.3 is 0 Å². The standard InChI is InChI=1S/C16H15NO/c1-12(2)9-10-18-16-14(11-17)8-7-13-5-3-4-6-15(13)16/h3-9H,10H2,1-2H3. The van der Waals surface area contributed by atoms with Crippen LogP contribution in [0.5, 0.6) is 5.75 Å². The fourth-order valence-corrected chi connectivity index (χ4v) is 1.78. The van der Waals surface area contributed by atoms with E-state index in [1.54, 1.807) is 6.07 Å². The molecule has 0 aliphatic carbocycles. The maximum Gasteiger partial charge on any atom is 0.145 e. The first-order chi connectivity index (χ1) is 8.72. The Morgan fingerprint density at radius 3 is 2.72 bits per heavy atom. The van der Waals surface area contributed by atoms with Crippen molar-refractivity contribution in [3.05, 3.63) is 53.6 Å². The molecule has 0 aliphatic heterocycles. The number of benzene rings is 2. The summed E-state index contributed by atoms with van der Waals surface area (Å²) in [6.07, 6.45) is 2.00. The van der Waals surface area contributed by atoms with Crippen LogP contribution in [0.25, 0.3) is 10.8 Å². The van der Waals surface area contributed by atoms with Crippen molar-refractivity contribution in [1.82, 2.24) is 0 Å². The number of hydrogen-bond acceptors (Lipinski definition) is 2. The van der Waals surface area contributed by atoms with Crippen molar-refractivity contribution in [3.8, 4) is 11.8 Å². The van der Waals surface area contributed by atoms with Crippen molar-refractivity contribution in [1.29, 1.82) is 5.26 Å². The monoisotopic (exact) mass is 237 g/mol. The zero-order chi connectivity index (χ0) is 13.0. The molecule has 2 heteroatoms. The second-order valence-electron chi connectivity index (χ2n) is 4.37. The van der Waals surface area contributed by atoms with E-state index in [9.17, 15) is 0 Å². The van der Waals surface area contributed by atoms with Gasteiger partial charge in [0.1, 0.15) is 18.4 Å². The number of ether oxygens (including phenoxy) is 1. The van der Waals surface area contributed by atoms with Crippen LogP contribution in [0.2, 0.25) is 0 Å². The Morgan fingerprint density at radius 1 is 1.22 bits per heavy atom. The zero-order valence-corrected chi connectivity index (χ0v) is 10.6. The van der Waals surface area contributed by atoms with Crippen LogP contribution in [0.15, 0.2) is 48.0 Å². The van der Waals surface area contributed by atoms with E-state index in [0.717, 1.165) is 10.8 Å². The molecule has 0 aliphatic rings. The van der Waals surface area contributed by atoms with Gasteiger partial charge in [0.2, 0.25) is 0 Å². The smallest absolute Gasteiger partial charge is 0.145 e. The first-order valence-electron chi connectivity index (χ1n) is 5.90. The number of fused-ring (bicyclic) bond motifs is 1. The molecular weight excluding hydrogens is 222 g/mol. The van der Waals surface area contributed by atoms with Crippen LogP contribution in [0.1, 0.15) is 19.4 Å². The highest BCUT2D eigenvalue weighted by molar-refractivity contribution is 5.90. The van der Waals surface area contributed by atoms with E-state index in [1.165, 1.54) is 5.57 Å². The van der Waals surface area contributed by atoms with E-state index in [4.69, 9.17) is 10.00 Å². The van der Waals surface area contributed by atoms with Gasteiger partial charge in [0.25, 0.3) is 0 Å². The Balaban J connectivity index is 2.45. The number of rotatable bonds is 3. The van der Waals surface area contributed by atoms with Gasteiger partial charge in [-0.15, -0.1) is 0 Å². The quantitative estimate of drug-likeness (QED) is 0.754. The fraction of sp³-hybridized carbons (Fsp3) is 0.188. The van der Waals surface area contributed by atoms with Gasteiger partial charge in [0, 0.05) is 5.39 Å². The summed E-state index contributed by atoms with van der Waals surface area (Å²) in [5.41, 5.74) is 1.78. The highest BCUT2D eigenvalue weighted by Gasteiger charge is 2.07. The Kier molecular flexibility index (Phi) is 3.64. The third kappa shape index (κ3) is 2.52. The maximum absolute atomic E-state index is 9.14. The highest BCUT2D eigenvalue weighted by atomic mass is 16.5. The minimum absolute atomic E-state index is 0.491. The molecule has 0 N–H and O–H groups in total. The lowest BCUT2D eigenvalue weighted by atomic mass is 10.1.